The van der Waals surface area contributed by atoms with Gasteiger partial charge in [-0.25, -0.2) is 0 Å². The zero-order chi connectivity index (χ0) is 19.9. The topological polar surface area (TPSA) is 67.4 Å². The molecule has 28 heavy (non-hydrogen) atoms. The van der Waals surface area contributed by atoms with Crippen molar-refractivity contribution in [2.75, 3.05) is 12.4 Å². The summed E-state index contributed by atoms with van der Waals surface area (Å²) in [5, 5.41) is 6.24. The summed E-state index contributed by atoms with van der Waals surface area (Å²) < 4.78 is 5.11. The maximum Gasteiger partial charge on any atom is 0.255 e. The van der Waals surface area contributed by atoms with Crippen molar-refractivity contribution in [3.8, 4) is 5.75 Å². The molecular formula is C22H19ClN2O3. The number of benzene rings is 3. The van der Waals surface area contributed by atoms with Gasteiger partial charge in [0.05, 0.1) is 7.11 Å². The summed E-state index contributed by atoms with van der Waals surface area (Å²) in [4.78, 5) is 24.6. The van der Waals surface area contributed by atoms with Gasteiger partial charge in [-0.1, -0.05) is 23.7 Å². The molecule has 0 saturated carbocycles. The number of halogens is 1. The second-order valence-electron chi connectivity index (χ2n) is 6.07. The van der Waals surface area contributed by atoms with Crippen LogP contribution < -0.4 is 15.4 Å². The molecule has 6 heteroatoms. The predicted molar refractivity (Wildman–Crippen MR) is 110 cm³/mol. The lowest BCUT2D eigenvalue weighted by atomic mass is 10.1. The van der Waals surface area contributed by atoms with E-state index in [1.807, 2.05) is 24.3 Å². The third-order valence-electron chi connectivity index (χ3n) is 4.12. The first kappa shape index (κ1) is 19.5. The number of anilines is 1. The van der Waals surface area contributed by atoms with Crippen molar-refractivity contribution >= 4 is 29.1 Å². The Balaban J connectivity index is 1.57. The largest absolute Gasteiger partial charge is 0.497 e. The molecule has 3 rings (SSSR count). The molecule has 0 fully saturated rings. The van der Waals surface area contributed by atoms with Gasteiger partial charge in [0, 0.05) is 28.4 Å². The van der Waals surface area contributed by atoms with Crippen LogP contribution in [0.15, 0.2) is 72.8 Å². The minimum absolute atomic E-state index is 0.208. The Hall–Kier alpha value is -3.31. The van der Waals surface area contributed by atoms with Crippen LogP contribution in [0.2, 0.25) is 5.02 Å². The fourth-order valence-corrected chi connectivity index (χ4v) is 2.66. The van der Waals surface area contributed by atoms with E-state index in [0.29, 0.717) is 28.4 Å². The van der Waals surface area contributed by atoms with Crippen molar-refractivity contribution in [3.05, 3.63) is 94.5 Å². The first-order valence-corrected chi connectivity index (χ1v) is 9.01. The Bertz CT molecular complexity index is 953. The monoisotopic (exact) mass is 394 g/mol. The molecule has 142 valence electrons. The van der Waals surface area contributed by atoms with Gasteiger partial charge < -0.3 is 15.4 Å². The Labute approximate surface area is 168 Å². The minimum atomic E-state index is -0.257. The first-order valence-electron chi connectivity index (χ1n) is 8.63. The van der Waals surface area contributed by atoms with Crippen LogP contribution in [0, 0.1) is 0 Å². The number of methoxy groups -OCH3 is 1. The highest BCUT2D eigenvalue weighted by Crippen LogP contribution is 2.15. The molecule has 3 aromatic carbocycles. The number of hydrogen-bond acceptors (Lipinski definition) is 3. The molecule has 0 aliphatic carbocycles. The summed E-state index contributed by atoms with van der Waals surface area (Å²) in [5.74, 6) is 0.301. The standard InChI is InChI=1S/C22H19ClN2O3/c1-28-20-12-2-15(3-13-20)14-24-21(26)16-4-6-17(7-5-16)22(27)25-19-10-8-18(23)9-11-19/h2-13H,14H2,1H3,(H,24,26)(H,25,27). The number of hydrogen-bond donors (Lipinski definition) is 2. The maximum atomic E-state index is 12.3. The highest BCUT2D eigenvalue weighted by molar-refractivity contribution is 6.30. The molecule has 2 N–H and O–H groups in total. The van der Waals surface area contributed by atoms with E-state index >= 15 is 0 Å². The van der Waals surface area contributed by atoms with E-state index in [2.05, 4.69) is 10.6 Å². The number of rotatable bonds is 6. The summed E-state index contributed by atoms with van der Waals surface area (Å²) in [6.07, 6.45) is 0. The molecule has 0 aliphatic heterocycles. The third-order valence-corrected chi connectivity index (χ3v) is 4.38. The van der Waals surface area contributed by atoms with Crippen molar-refractivity contribution < 1.29 is 14.3 Å². The van der Waals surface area contributed by atoms with Crippen LogP contribution in [-0.2, 0) is 6.54 Å². The summed E-state index contributed by atoms with van der Waals surface area (Å²) >= 11 is 5.83. The van der Waals surface area contributed by atoms with Crippen LogP contribution in [0.1, 0.15) is 26.3 Å². The van der Waals surface area contributed by atoms with E-state index < -0.39 is 0 Å². The van der Waals surface area contributed by atoms with E-state index in [4.69, 9.17) is 16.3 Å². The molecule has 0 heterocycles. The second kappa shape index (κ2) is 9.06. The van der Waals surface area contributed by atoms with Crippen LogP contribution in [0.3, 0.4) is 0 Å². The van der Waals surface area contributed by atoms with Gasteiger partial charge in [0.1, 0.15) is 5.75 Å². The predicted octanol–water partition coefficient (Wildman–Crippen LogP) is 4.53. The summed E-state index contributed by atoms with van der Waals surface area (Å²) in [6.45, 7) is 0.404. The van der Waals surface area contributed by atoms with Gasteiger partial charge >= 0.3 is 0 Å². The molecule has 0 unspecified atom stereocenters. The quantitative estimate of drug-likeness (QED) is 0.645. The molecule has 0 radical (unpaired) electrons. The number of ether oxygens (including phenoxy) is 1. The zero-order valence-corrected chi connectivity index (χ0v) is 16.0. The van der Waals surface area contributed by atoms with E-state index in [9.17, 15) is 9.59 Å². The molecule has 0 bridgehead atoms. The van der Waals surface area contributed by atoms with Gasteiger partial charge in [0.2, 0.25) is 0 Å². The van der Waals surface area contributed by atoms with E-state index in [-0.39, 0.29) is 11.8 Å². The van der Waals surface area contributed by atoms with Crippen molar-refractivity contribution in [2.45, 2.75) is 6.54 Å². The lowest BCUT2D eigenvalue weighted by molar-refractivity contribution is 0.0949. The highest BCUT2D eigenvalue weighted by Gasteiger charge is 2.09. The Morgan fingerprint density at radius 2 is 1.39 bits per heavy atom. The molecule has 2 amide bonds. The van der Waals surface area contributed by atoms with Crippen molar-refractivity contribution in [2.24, 2.45) is 0 Å². The van der Waals surface area contributed by atoms with Crippen molar-refractivity contribution in [3.63, 3.8) is 0 Å². The molecular weight excluding hydrogens is 376 g/mol. The molecule has 5 nitrogen and oxygen atoms in total. The minimum Gasteiger partial charge on any atom is -0.497 e. The average Bonchev–Trinajstić information content (AvgIpc) is 2.74. The number of nitrogens with one attached hydrogen (secondary N) is 2. The number of carbonyl (C=O) groups excluding carboxylic acids is 2. The summed E-state index contributed by atoms with van der Waals surface area (Å²) in [5.41, 5.74) is 2.56. The number of carbonyl (C=O) groups is 2. The summed E-state index contributed by atoms with van der Waals surface area (Å²) in [6, 6.07) is 20.8. The van der Waals surface area contributed by atoms with Gasteiger partial charge in [-0.3, -0.25) is 9.59 Å². The lowest BCUT2D eigenvalue weighted by Gasteiger charge is -2.08. The van der Waals surface area contributed by atoms with Crippen LogP contribution >= 0.6 is 11.6 Å². The van der Waals surface area contributed by atoms with Gasteiger partial charge in [0.25, 0.3) is 11.8 Å². The first-order chi connectivity index (χ1) is 13.5. The second-order valence-corrected chi connectivity index (χ2v) is 6.51. The normalized spacial score (nSPS) is 10.2. The van der Waals surface area contributed by atoms with Crippen molar-refractivity contribution in [1.29, 1.82) is 0 Å². The van der Waals surface area contributed by atoms with Crippen LogP contribution in [0.25, 0.3) is 0 Å². The molecule has 0 aromatic heterocycles. The molecule has 3 aromatic rings. The van der Waals surface area contributed by atoms with Crippen LogP contribution in [0.4, 0.5) is 5.69 Å². The van der Waals surface area contributed by atoms with Crippen LogP contribution in [0.5, 0.6) is 5.75 Å². The lowest BCUT2D eigenvalue weighted by Crippen LogP contribution is -2.23. The fourth-order valence-electron chi connectivity index (χ4n) is 2.54. The SMILES string of the molecule is COc1ccc(CNC(=O)c2ccc(C(=O)Nc3ccc(Cl)cc3)cc2)cc1. The van der Waals surface area contributed by atoms with Gasteiger partial charge in [-0.2, -0.15) is 0 Å². The molecule has 0 spiro atoms. The highest BCUT2D eigenvalue weighted by atomic mass is 35.5. The molecule has 0 atom stereocenters. The fraction of sp³-hybridized carbons (Fsp3) is 0.0909. The summed E-state index contributed by atoms with van der Waals surface area (Å²) in [7, 11) is 1.61. The third kappa shape index (κ3) is 5.11. The zero-order valence-electron chi connectivity index (χ0n) is 15.2. The smallest absolute Gasteiger partial charge is 0.255 e. The Kier molecular flexibility index (Phi) is 6.29. The average molecular weight is 395 g/mol. The Morgan fingerprint density at radius 1 is 0.821 bits per heavy atom. The molecule has 0 aliphatic rings. The van der Waals surface area contributed by atoms with Crippen LogP contribution in [-0.4, -0.2) is 18.9 Å². The van der Waals surface area contributed by atoms with Gasteiger partial charge in [0.15, 0.2) is 0 Å². The molecule has 0 saturated heterocycles. The Morgan fingerprint density at radius 3 is 1.96 bits per heavy atom. The van der Waals surface area contributed by atoms with E-state index in [1.54, 1.807) is 55.6 Å². The number of amides is 2. The van der Waals surface area contributed by atoms with Gasteiger partial charge in [-0.15, -0.1) is 0 Å². The van der Waals surface area contributed by atoms with Gasteiger partial charge in [-0.05, 0) is 66.2 Å². The maximum absolute atomic E-state index is 12.3. The van der Waals surface area contributed by atoms with E-state index in [1.165, 1.54) is 0 Å². The van der Waals surface area contributed by atoms with E-state index in [0.717, 1.165) is 11.3 Å². The van der Waals surface area contributed by atoms with Crippen molar-refractivity contribution in [1.82, 2.24) is 5.32 Å².